The van der Waals surface area contributed by atoms with Gasteiger partial charge in [-0.15, -0.1) is 12.4 Å². The normalized spacial score (nSPS) is 14.3. The fraction of sp³-hybridized carbons (Fsp3) is 0.529. The molecule has 1 saturated heterocycles. The minimum Gasteiger partial charge on any atom is -0.339 e. The average molecular weight is 340 g/mol. The van der Waals surface area contributed by atoms with E-state index in [9.17, 15) is 9.59 Å². The molecule has 1 fully saturated rings. The first-order valence-corrected chi connectivity index (χ1v) is 7.86. The summed E-state index contributed by atoms with van der Waals surface area (Å²) in [5.41, 5.74) is 2.24. The third-order valence-electron chi connectivity index (χ3n) is 4.05. The van der Waals surface area contributed by atoms with Crippen LogP contribution in [0.15, 0.2) is 24.3 Å². The highest BCUT2D eigenvalue weighted by atomic mass is 35.5. The summed E-state index contributed by atoms with van der Waals surface area (Å²) in [4.78, 5) is 28.0. The molecule has 6 heteroatoms. The van der Waals surface area contributed by atoms with Gasteiger partial charge in [0.25, 0.3) is 0 Å². The molecule has 0 radical (unpaired) electrons. The van der Waals surface area contributed by atoms with Gasteiger partial charge in [-0.2, -0.15) is 0 Å². The Hall–Kier alpha value is -1.59. The third kappa shape index (κ3) is 5.84. The minimum absolute atomic E-state index is 0. The third-order valence-corrected chi connectivity index (χ3v) is 4.05. The van der Waals surface area contributed by atoms with Crippen LogP contribution in [-0.2, 0) is 16.0 Å². The van der Waals surface area contributed by atoms with E-state index in [1.807, 2.05) is 48.0 Å². The molecule has 0 unspecified atom stereocenters. The molecule has 1 aliphatic heterocycles. The summed E-state index contributed by atoms with van der Waals surface area (Å²) in [5.74, 6) is 0.311. The van der Waals surface area contributed by atoms with E-state index in [2.05, 4.69) is 5.32 Å². The zero-order chi connectivity index (χ0) is 15.9. The summed E-state index contributed by atoms with van der Waals surface area (Å²) in [7, 11) is 1.84. The van der Waals surface area contributed by atoms with E-state index in [0.717, 1.165) is 5.56 Å². The summed E-state index contributed by atoms with van der Waals surface area (Å²) >= 11 is 0. The maximum absolute atomic E-state index is 12.3. The Bertz CT molecular complexity index is 511. The minimum atomic E-state index is 0. The van der Waals surface area contributed by atoms with Gasteiger partial charge in [0.2, 0.25) is 11.8 Å². The number of halogens is 1. The Balaban J connectivity index is 0.00000264. The van der Waals surface area contributed by atoms with Gasteiger partial charge in [0.05, 0.1) is 6.42 Å². The van der Waals surface area contributed by atoms with Gasteiger partial charge in [-0.05, 0) is 19.5 Å². The predicted molar refractivity (Wildman–Crippen MR) is 93.8 cm³/mol. The highest BCUT2D eigenvalue weighted by Gasteiger charge is 2.23. The molecule has 128 valence electrons. The van der Waals surface area contributed by atoms with Crippen LogP contribution >= 0.6 is 12.4 Å². The molecule has 1 N–H and O–H groups in total. The van der Waals surface area contributed by atoms with E-state index >= 15 is 0 Å². The molecular weight excluding hydrogens is 314 g/mol. The second kappa shape index (κ2) is 9.53. The zero-order valence-corrected chi connectivity index (χ0v) is 14.7. The number of piperazine rings is 1. The summed E-state index contributed by atoms with van der Waals surface area (Å²) < 4.78 is 0. The van der Waals surface area contributed by atoms with Gasteiger partial charge in [0.15, 0.2) is 0 Å². The van der Waals surface area contributed by atoms with Gasteiger partial charge in [-0.3, -0.25) is 9.59 Å². The van der Waals surface area contributed by atoms with Crippen molar-refractivity contribution in [2.24, 2.45) is 0 Å². The predicted octanol–water partition coefficient (Wildman–Crippen LogP) is 1.24. The number of carbonyl (C=O) groups excluding carboxylic acids is 2. The van der Waals surface area contributed by atoms with Gasteiger partial charge in [-0.1, -0.05) is 29.8 Å². The second-order valence-electron chi connectivity index (χ2n) is 5.78. The lowest BCUT2D eigenvalue weighted by molar-refractivity contribution is -0.139. The largest absolute Gasteiger partial charge is 0.339 e. The summed E-state index contributed by atoms with van der Waals surface area (Å²) in [6, 6.07) is 8.07. The number of hydrogen-bond acceptors (Lipinski definition) is 3. The van der Waals surface area contributed by atoms with Crippen LogP contribution in [0.4, 0.5) is 0 Å². The molecule has 1 aliphatic rings. The van der Waals surface area contributed by atoms with Gasteiger partial charge >= 0.3 is 0 Å². The number of nitrogens with one attached hydrogen (secondary N) is 1. The first-order chi connectivity index (χ1) is 10.6. The molecule has 0 aromatic heterocycles. The Morgan fingerprint density at radius 2 is 1.52 bits per heavy atom. The van der Waals surface area contributed by atoms with E-state index in [1.54, 1.807) is 0 Å². The SMILES string of the molecule is CNCCC(=O)N1CCN(C(=O)Cc2ccc(C)cc2)CC1.Cl. The van der Waals surface area contributed by atoms with Gasteiger partial charge in [-0.25, -0.2) is 0 Å². The lowest BCUT2D eigenvalue weighted by Gasteiger charge is -2.35. The van der Waals surface area contributed by atoms with Gasteiger partial charge in [0.1, 0.15) is 0 Å². The first kappa shape index (κ1) is 19.5. The molecule has 0 atom stereocenters. The molecule has 1 heterocycles. The number of aryl methyl sites for hydroxylation is 1. The monoisotopic (exact) mass is 339 g/mol. The molecule has 2 amide bonds. The maximum atomic E-state index is 12.3. The maximum Gasteiger partial charge on any atom is 0.227 e. The van der Waals surface area contributed by atoms with E-state index < -0.39 is 0 Å². The summed E-state index contributed by atoms with van der Waals surface area (Å²) in [6.45, 7) is 5.29. The van der Waals surface area contributed by atoms with Crippen molar-refractivity contribution < 1.29 is 9.59 Å². The highest BCUT2D eigenvalue weighted by molar-refractivity contribution is 5.85. The van der Waals surface area contributed by atoms with E-state index in [1.165, 1.54) is 5.56 Å². The Kier molecular flexibility index (Phi) is 8.06. The smallest absolute Gasteiger partial charge is 0.227 e. The molecule has 2 rings (SSSR count). The van der Waals surface area contributed by atoms with Gasteiger partial charge in [0, 0.05) is 39.1 Å². The standard InChI is InChI=1S/C17H25N3O2.ClH/c1-14-3-5-15(6-4-14)13-17(22)20-11-9-19(10-12-20)16(21)7-8-18-2;/h3-6,18H,7-13H2,1-2H3;1H. The van der Waals surface area contributed by atoms with Crippen molar-refractivity contribution in [1.29, 1.82) is 0 Å². The van der Waals surface area contributed by atoms with Crippen LogP contribution in [0, 0.1) is 6.92 Å². The topological polar surface area (TPSA) is 52.7 Å². The van der Waals surface area contributed by atoms with Crippen LogP contribution in [0.5, 0.6) is 0 Å². The number of amides is 2. The van der Waals surface area contributed by atoms with Crippen molar-refractivity contribution in [3.8, 4) is 0 Å². The van der Waals surface area contributed by atoms with Crippen LogP contribution < -0.4 is 5.32 Å². The van der Waals surface area contributed by atoms with Crippen molar-refractivity contribution >= 4 is 24.2 Å². The first-order valence-electron chi connectivity index (χ1n) is 7.86. The molecule has 5 nitrogen and oxygen atoms in total. The molecule has 0 bridgehead atoms. The average Bonchev–Trinajstić information content (AvgIpc) is 2.55. The lowest BCUT2D eigenvalue weighted by atomic mass is 10.1. The summed E-state index contributed by atoms with van der Waals surface area (Å²) in [5, 5.41) is 2.98. The van der Waals surface area contributed by atoms with Crippen LogP contribution in [0.2, 0.25) is 0 Å². The molecule has 23 heavy (non-hydrogen) atoms. The fourth-order valence-corrected chi connectivity index (χ4v) is 2.59. The zero-order valence-electron chi connectivity index (χ0n) is 13.9. The molecule has 0 aliphatic carbocycles. The molecular formula is C17H26ClN3O2. The number of rotatable bonds is 5. The summed E-state index contributed by atoms with van der Waals surface area (Å²) in [6.07, 6.45) is 0.960. The molecule has 1 aromatic carbocycles. The van der Waals surface area contributed by atoms with Crippen molar-refractivity contribution in [2.75, 3.05) is 39.8 Å². The van der Waals surface area contributed by atoms with E-state index in [4.69, 9.17) is 0 Å². The Labute approximate surface area is 144 Å². The molecule has 0 spiro atoms. The molecule has 1 aromatic rings. The number of nitrogens with zero attached hydrogens (tertiary/aromatic N) is 2. The van der Waals surface area contributed by atoms with Crippen molar-refractivity contribution in [2.45, 2.75) is 19.8 Å². The number of hydrogen-bond donors (Lipinski definition) is 1. The van der Waals surface area contributed by atoms with E-state index in [0.29, 0.717) is 45.6 Å². The lowest BCUT2D eigenvalue weighted by Crippen LogP contribution is -2.51. The quantitative estimate of drug-likeness (QED) is 0.878. The Morgan fingerprint density at radius 1 is 1.00 bits per heavy atom. The fourth-order valence-electron chi connectivity index (χ4n) is 2.59. The highest BCUT2D eigenvalue weighted by Crippen LogP contribution is 2.09. The van der Waals surface area contributed by atoms with Crippen LogP contribution in [0.25, 0.3) is 0 Å². The van der Waals surface area contributed by atoms with Gasteiger partial charge < -0.3 is 15.1 Å². The van der Waals surface area contributed by atoms with Crippen LogP contribution in [0.3, 0.4) is 0 Å². The number of carbonyl (C=O) groups is 2. The Morgan fingerprint density at radius 3 is 2.04 bits per heavy atom. The van der Waals surface area contributed by atoms with Crippen molar-refractivity contribution in [1.82, 2.24) is 15.1 Å². The molecule has 0 saturated carbocycles. The van der Waals surface area contributed by atoms with Crippen LogP contribution in [0.1, 0.15) is 17.5 Å². The van der Waals surface area contributed by atoms with Crippen molar-refractivity contribution in [3.05, 3.63) is 35.4 Å². The number of benzene rings is 1. The van der Waals surface area contributed by atoms with E-state index in [-0.39, 0.29) is 24.2 Å². The second-order valence-corrected chi connectivity index (χ2v) is 5.78. The van der Waals surface area contributed by atoms with Crippen LogP contribution in [-0.4, -0.2) is 61.4 Å². The van der Waals surface area contributed by atoms with Crippen molar-refractivity contribution in [3.63, 3.8) is 0 Å².